The zero-order valence-electron chi connectivity index (χ0n) is 28.0. The van der Waals surface area contributed by atoms with Gasteiger partial charge in [0, 0.05) is 12.6 Å². The molecule has 2 aromatic carbocycles. The minimum Gasteiger partial charge on any atom is -0.479 e. The molecule has 7 atom stereocenters. The van der Waals surface area contributed by atoms with Gasteiger partial charge >= 0.3 is 36.7 Å². The number of amides is 2. The van der Waals surface area contributed by atoms with E-state index in [-0.39, 0.29) is 24.8 Å². The average Bonchev–Trinajstić information content (AvgIpc) is 3.08. The minimum atomic E-state index is -5.29. The minimum absolute atomic E-state index is 0.157. The molecule has 6 unspecified atom stereocenters. The molecule has 1 saturated heterocycles. The molecule has 54 heavy (non-hydrogen) atoms. The van der Waals surface area contributed by atoms with Crippen molar-refractivity contribution in [2.24, 2.45) is 0 Å². The Balaban J connectivity index is 1.81. The Kier molecular flexibility index (Phi) is 12.7. The molecule has 300 valence electrons. The van der Waals surface area contributed by atoms with Gasteiger partial charge in [0.1, 0.15) is 18.3 Å². The summed E-state index contributed by atoms with van der Waals surface area (Å²) in [5.41, 5.74) is -6.23. The number of methoxy groups -OCH3 is 1. The highest BCUT2D eigenvalue weighted by atomic mass is 19.4. The third-order valence-electron chi connectivity index (χ3n) is 8.63. The van der Waals surface area contributed by atoms with Crippen molar-refractivity contribution >= 4 is 23.8 Å². The highest BCUT2D eigenvalue weighted by Crippen LogP contribution is 2.46. The first-order chi connectivity index (χ1) is 25.0. The van der Waals surface area contributed by atoms with Gasteiger partial charge in [-0.25, -0.2) is 14.4 Å². The number of carbonyl (C=O) groups is 3. The van der Waals surface area contributed by atoms with Gasteiger partial charge in [0.15, 0.2) is 12.4 Å². The lowest BCUT2D eigenvalue weighted by atomic mass is 9.87. The number of hydrogen-bond acceptors (Lipinski definition) is 10. The maximum absolute atomic E-state index is 14.0. The lowest BCUT2D eigenvalue weighted by molar-refractivity contribution is -0.294. The number of aliphatic hydroxyl groups excluding tert-OH is 3. The number of hydrogen-bond donors (Lipinski definition) is 4. The van der Waals surface area contributed by atoms with E-state index in [4.69, 9.17) is 18.9 Å². The largest absolute Gasteiger partial charge is 0.479 e. The van der Waals surface area contributed by atoms with E-state index in [0.29, 0.717) is 29.2 Å². The van der Waals surface area contributed by atoms with Crippen molar-refractivity contribution < 1.29 is 93.3 Å². The second-order valence-electron chi connectivity index (χ2n) is 12.2. The Labute approximate surface area is 299 Å². The molecular weight excluding hydrogens is 759 g/mol. The summed E-state index contributed by atoms with van der Waals surface area (Å²) in [4.78, 5) is 39.6. The number of halogens is 9. The predicted octanol–water partition coefficient (Wildman–Crippen LogP) is 5.09. The van der Waals surface area contributed by atoms with Crippen LogP contribution in [-0.2, 0) is 48.8 Å². The van der Waals surface area contributed by atoms with Crippen molar-refractivity contribution in [2.45, 2.75) is 87.6 Å². The van der Waals surface area contributed by atoms with Crippen molar-refractivity contribution in [3.8, 4) is 0 Å². The van der Waals surface area contributed by atoms with Crippen molar-refractivity contribution in [3.05, 3.63) is 64.2 Å². The highest BCUT2D eigenvalue weighted by molar-refractivity contribution is 5.90. The molecule has 0 bridgehead atoms. The molecule has 4 N–H and O–H groups in total. The number of aliphatic carboxylic acids is 1. The number of alkyl halides is 9. The number of rotatable bonds is 9. The molecule has 1 fully saturated rings. The van der Waals surface area contributed by atoms with E-state index in [2.05, 4.69) is 0 Å². The summed E-state index contributed by atoms with van der Waals surface area (Å²) in [6.45, 7) is -0.495. The molecule has 0 spiro atoms. The van der Waals surface area contributed by atoms with Gasteiger partial charge in [0.2, 0.25) is 0 Å². The third kappa shape index (κ3) is 9.28. The Morgan fingerprint density at radius 3 is 1.98 bits per heavy atom. The molecule has 0 aliphatic carbocycles. The molecular formula is C32H33F9N2O11. The summed E-state index contributed by atoms with van der Waals surface area (Å²) >= 11 is 0. The standard InChI is InChI=1S/C32H33F9N2O11/c1-3-52-29(50)43-18(6-7-53-27-24(46)22(44)23(45)25(54-27)26(47)48)12-21(19-11-15(30(33,34)35)4-5-20(19)43)42(28(49)51-2)13-14-8-16(31(36,37)38)10-17(9-14)32(39,40)41/h4-5,8-11,18,21-25,27,44-46H,3,6-7,12-13H2,1-2H3,(H,47,48)/t18-,21?,22?,23?,24?,25?,27?/m1/s1. The van der Waals surface area contributed by atoms with Crippen molar-refractivity contribution in [1.29, 1.82) is 0 Å². The number of aliphatic hydroxyl groups is 3. The molecule has 4 rings (SSSR count). The van der Waals surface area contributed by atoms with Gasteiger partial charge in [0.05, 0.1) is 48.7 Å². The first-order valence-electron chi connectivity index (χ1n) is 15.8. The van der Waals surface area contributed by atoms with Crippen LogP contribution in [0.3, 0.4) is 0 Å². The molecule has 0 saturated carbocycles. The van der Waals surface area contributed by atoms with Crippen LogP contribution in [0.1, 0.15) is 53.6 Å². The van der Waals surface area contributed by atoms with Crippen LogP contribution in [0.2, 0.25) is 0 Å². The molecule has 2 amide bonds. The summed E-state index contributed by atoms with van der Waals surface area (Å²) < 4.78 is 145. The number of carbonyl (C=O) groups excluding carboxylic acids is 2. The van der Waals surface area contributed by atoms with Gasteiger partial charge in [-0.1, -0.05) is 0 Å². The normalized spacial score (nSPS) is 24.8. The number of nitrogens with zero attached hydrogens (tertiary/aromatic N) is 2. The fourth-order valence-corrected chi connectivity index (χ4v) is 6.12. The summed E-state index contributed by atoms with van der Waals surface area (Å²) in [5, 5.41) is 39.7. The number of carboxylic acid groups (broad SMARTS) is 1. The van der Waals surface area contributed by atoms with Gasteiger partial charge in [-0.3, -0.25) is 9.80 Å². The molecule has 0 aromatic heterocycles. The fraction of sp³-hybridized carbons (Fsp3) is 0.531. The van der Waals surface area contributed by atoms with Crippen LogP contribution in [0.4, 0.5) is 54.8 Å². The van der Waals surface area contributed by atoms with Crippen molar-refractivity contribution in [3.63, 3.8) is 0 Å². The lowest BCUT2D eigenvalue weighted by Crippen LogP contribution is -2.60. The van der Waals surface area contributed by atoms with Crippen LogP contribution in [0, 0.1) is 0 Å². The Bertz CT molecular complexity index is 1660. The number of fused-ring (bicyclic) bond motifs is 1. The first kappa shape index (κ1) is 42.4. The molecule has 22 heteroatoms. The zero-order chi connectivity index (χ0) is 40.5. The summed E-state index contributed by atoms with van der Waals surface area (Å²) in [6.07, 6.45) is -29.1. The predicted molar refractivity (Wildman–Crippen MR) is 161 cm³/mol. The topological polar surface area (TPSA) is 176 Å². The van der Waals surface area contributed by atoms with Gasteiger partial charge in [-0.15, -0.1) is 0 Å². The van der Waals surface area contributed by atoms with Crippen molar-refractivity contribution in [2.75, 3.05) is 25.2 Å². The Morgan fingerprint density at radius 2 is 1.46 bits per heavy atom. The van der Waals surface area contributed by atoms with Gasteiger partial charge < -0.3 is 39.4 Å². The molecule has 0 radical (unpaired) electrons. The SMILES string of the molecule is CCOC(=O)N1c2ccc(C(F)(F)F)cc2C(N(Cc2cc(C(F)(F)F)cc(C(F)(F)F)c2)C(=O)OC)C[C@H]1CCOC1OC(C(=O)O)C(O)C(O)C1O. The summed E-state index contributed by atoms with van der Waals surface area (Å²) in [6, 6.07) is -0.436. The van der Waals surface area contributed by atoms with Crippen LogP contribution in [0.25, 0.3) is 0 Å². The van der Waals surface area contributed by atoms with E-state index in [1.54, 1.807) is 0 Å². The first-order valence-corrected chi connectivity index (χ1v) is 15.8. The molecule has 13 nitrogen and oxygen atoms in total. The number of benzene rings is 2. The van der Waals surface area contributed by atoms with E-state index >= 15 is 0 Å². The maximum atomic E-state index is 14.0. The zero-order valence-corrected chi connectivity index (χ0v) is 28.0. The van der Waals surface area contributed by atoms with Gasteiger partial charge in [-0.2, -0.15) is 39.5 Å². The van der Waals surface area contributed by atoms with Crippen LogP contribution in [0.5, 0.6) is 0 Å². The van der Waals surface area contributed by atoms with Crippen LogP contribution in [0.15, 0.2) is 36.4 Å². The van der Waals surface area contributed by atoms with Crippen molar-refractivity contribution in [1.82, 2.24) is 4.90 Å². The number of carboxylic acids is 1. The third-order valence-corrected chi connectivity index (χ3v) is 8.63. The van der Waals surface area contributed by atoms with Crippen LogP contribution in [-0.4, -0.2) is 101 Å². The number of anilines is 1. The molecule has 2 aliphatic heterocycles. The molecule has 2 heterocycles. The maximum Gasteiger partial charge on any atom is 0.416 e. The van der Waals surface area contributed by atoms with E-state index < -0.39 is 127 Å². The monoisotopic (exact) mass is 792 g/mol. The second-order valence-corrected chi connectivity index (χ2v) is 12.2. The second kappa shape index (κ2) is 16.2. The average molecular weight is 793 g/mol. The van der Waals surface area contributed by atoms with Gasteiger partial charge in [-0.05, 0) is 67.3 Å². The van der Waals surface area contributed by atoms with E-state index in [1.807, 2.05) is 0 Å². The van der Waals surface area contributed by atoms with E-state index in [9.17, 15) is 74.3 Å². The lowest BCUT2D eigenvalue weighted by Gasteiger charge is -2.44. The highest BCUT2D eigenvalue weighted by Gasteiger charge is 2.48. The van der Waals surface area contributed by atoms with E-state index in [0.717, 1.165) is 18.1 Å². The summed E-state index contributed by atoms with van der Waals surface area (Å²) in [5.74, 6) is -1.73. The Morgan fingerprint density at radius 1 is 0.870 bits per heavy atom. The smallest absolute Gasteiger partial charge is 0.416 e. The van der Waals surface area contributed by atoms with Crippen LogP contribution >= 0.6 is 0 Å². The quantitative estimate of drug-likeness (QED) is 0.249. The fourth-order valence-electron chi connectivity index (χ4n) is 6.12. The summed E-state index contributed by atoms with van der Waals surface area (Å²) in [7, 11) is 0.806. The molecule has 2 aliphatic rings. The Hall–Kier alpha value is -4.38. The van der Waals surface area contributed by atoms with Crippen LogP contribution < -0.4 is 4.90 Å². The van der Waals surface area contributed by atoms with E-state index in [1.165, 1.54) is 6.92 Å². The number of ether oxygens (including phenoxy) is 4. The molecule has 2 aromatic rings. The van der Waals surface area contributed by atoms with Gasteiger partial charge in [0.25, 0.3) is 0 Å².